The Kier molecular flexibility index (Phi) is 9.96. The van der Waals surface area contributed by atoms with Gasteiger partial charge in [0.05, 0.1) is 17.1 Å². The molecule has 0 radical (unpaired) electrons. The molecule has 2 aromatic carbocycles. The van der Waals surface area contributed by atoms with Gasteiger partial charge in [-0.3, -0.25) is 4.79 Å². The van der Waals surface area contributed by atoms with Crippen LogP contribution in [0.1, 0.15) is 56.5 Å². The Labute approximate surface area is 194 Å². The number of rotatable bonds is 12. The summed E-state index contributed by atoms with van der Waals surface area (Å²) >= 11 is 0. The molecule has 6 heteroatoms. The number of ether oxygens (including phenoxy) is 3. The minimum atomic E-state index is -1.13. The van der Waals surface area contributed by atoms with E-state index in [4.69, 9.17) is 19.3 Å². The average Bonchev–Trinajstić information content (AvgIpc) is 2.83. The van der Waals surface area contributed by atoms with Crippen LogP contribution in [0.5, 0.6) is 17.2 Å². The molecule has 0 aliphatic heterocycles. The molecule has 1 N–H and O–H groups in total. The van der Waals surface area contributed by atoms with Crippen LogP contribution in [-0.4, -0.2) is 23.5 Å². The van der Waals surface area contributed by atoms with Gasteiger partial charge < -0.3 is 19.3 Å². The predicted octanol–water partition coefficient (Wildman–Crippen LogP) is 6.43. The first-order valence-corrected chi connectivity index (χ1v) is 10.9. The summed E-state index contributed by atoms with van der Waals surface area (Å²) in [5.41, 5.74) is 1.07. The highest BCUT2D eigenvalue weighted by molar-refractivity contribution is 6.08. The second-order valence-electron chi connectivity index (χ2n) is 7.03. The molecule has 0 saturated carbocycles. The van der Waals surface area contributed by atoms with Crippen molar-refractivity contribution in [2.45, 2.75) is 40.5 Å². The molecular formula is C27H30O6. The molecule has 0 spiro atoms. The molecule has 6 nitrogen and oxygen atoms in total. The molecule has 0 amide bonds. The summed E-state index contributed by atoms with van der Waals surface area (Å²) in [6.07, 6.45) is 8.38. The largest absolute Gasteiger partial charge is 0.481 e. The van der Waals surface area contributed by atoms with Gasteiger partial charge in [-0.1, -0.05) is 32.1 Å². The van der Waals surface area contributed by atoms with Crippen molar-refractivity contribution in [3.8, 4) is 17.2 Å². The fourth-order valence-corrected chi connectivity index (χ4v) is 2.91. The summed E-state index contributed by atoms with van der Waals surface area (Å²) in [6, 6.07) is 12.1. The van der Waals surface area contributed by atoms with Crippen molar-refractivity contribution < 1.29 is 28.9 Å². The van der Waals surface area contributed by atoms with Crippen LogP contribution in [0.3, 0.4) is 0 Å². The van der Waals surface area contributed by atoms with Gasteiger partial charge in [0.2, 0.25) is 0 Å². The van der Waals surface area contributed by atoms with Crippen molar-refractivity contribution >= 4 is 17.8 Å². The Bertz CT molecular complexity index is 1040. The van der Waals surface area contributed by atoms with Crippen molar-refractivity contribution in [1.82, 2.24) is 0 Å². The highest BCUT2D eigenvalue weighted by Crippen LogP contribution is 2.28. The van der Waals surface area contributed by atoms with E-state index >= 15 is 0 Å². The minimum absolute atomic E-state index is 0.151. The van der Waals surface area contributed by atoms with Gasteiger partial charge in [-0.05, 0) is 61.9 Å². The van der Waals surface area contributed by atoms with Gasteiger partial charge in [0.15, 0.2) is 12.4 Å². The molecule has 174 valence electrons. The lowest BCUT2D eigenvalue weighted by molar-refractivity contribution is -0.139. The molecule has 2 rings (SSSR count). The van der Waals surface area contributed by atoms with E-state index in [1.54, 1.807) is 18.2 Å². The normalized spacial score (nSPS) is 12.0. The maximum Gasteiger partial charge on any atom is 0.341 e. The lowest BCUT2D eigenvalue weighted by atomic mass is 10.1. The molecule has 0 aliphatic rings. The number of benzene rings is 2. The van der Waals surface area contributed by atoms with Gasteiger partial charge in [-0.2, -0.15) is 0 Å². The van der Waals surface area contributed by atoms with Gasteiger partial charge in [0, 0.05) is 18.9 Å². The molecule has 2 aromatic rings. The van der Waals surface area contributed by atoms with Crippen molar-refractivity contribution in [1.29, 1.82) is 0 Å². The van der Waals surface area contributed by atoms with E-state index in [1.807, 2.05) is 64.1 Å². The van der Waals surface area contributed by atoms with Crippen LogP contribution in [0.15, 0.2) is 72.2 Å². The van der Waals surface area contributed by atoms with Crippen molar-refractivity contribution in [3.63, 3.8) is 0 Å². The lowest BCUT2D eigenvalue weighted by Gasteiger charge is -2.12. The molecule has 0 unspecified atom stereocenters. The monoisotopic (exact) mass is 450 g/mol. The molecule has 0 aromatic heterocycles. The maximum absolute atomic E-state index is 12.8. The topological polar surface area (TPSA) is 82.1 Å². The van der Waals surface area contributed by atoms with E-state index in [-0.39, 0.29) is 17.1 Å². The Morgan fingerprint density at radius 1 is 0.879 bits per heavy atom. The Morgan fingerprint density at radius 2 is 1.45 bits per heavy atom. The van der Waals surface area contributed by atoms with Crippen molar-refractivity contribution in [2.24, 2.45) is 0 Å². The van der Waals surface area contributed by atoms with Gasteiger partial charge >= 0.3 is 5.97 Å². The standard InChI is InChI=1S/C27H30O6/c1-5-20(6-2)32-22-12-9-19(10-13-22)11-16-25(28)24-15-14-23(33-21(7-3)8-4)17-26(24)31-18-27(29)30/h5,7,9-17H,6,8,18H2,1-4H3,(H,29,30)/b16-11+,20-5+,21-7-. The minimum Gasteiger partial charge on any atom is -0.481 e. The molecule has 33 heavy (non-hydrogen) atoms. The molecule has 0 bridgehead atoms. The first-order chi connectivity index (χ1) is 15.9. The van der Waals surface area contributed by atoms with E-state index < -0.39 is 12.6 Å². The second kappa shape index (κ2) is 12.9. The van der Waals surface area contributed by atoms with Crippen LogP contribution in [-0.2, 0) is 4.79 Å². The number of carbonyl (C=O) groups excluding carboxylic acids is 1. The van der Waals surface area contributed by atoms with Gasteiger partial charge in [-0.15, -0.1) is 0 Å². The summed E-state index contributed by atoms with van der Waals surface area (Å²) in [5.74, 6) is 1.53. The fraction of sp³-hybridized carbons (Fsp3) is 0.259. The molecule has 0 saturated heterocycles. The number of hydrogen-bond donors (Lipinski definition) is 1. The number of ketones is 1. The summed E-state index contributed by atoms with van der Waals surface area (Å²) in [4.78, 5) is 23.8. The summed E-state index contributed by atoms with van der Waals surface area (Å²) in [5, 5.41) is 8.98. The number of carbonyl (C=O) groups is 2. The van der Waals surface area contributed by atoms with E-state index in [0.717, 1.165) is 29.3 Å². The van der Waals surface area contributed by atoms with E-state index in [1.165, 1.54) is 12.1 Å². The van der Waals surface area contributed by atoms with Gasteiger partial charge in [0.1, 0.15) is 17.2 Å². The highest BCUT2D eigenvalue weighted by Gasteiger charge is 2.14. The zero-order chi connectivity index (χ0) is 24.2. The molecule has 0 atom stereocenters. The SMILES string of the molecule is C/C=C(/CC)Oc1ccc(C(=O)/C=C/c2ccc(O/C(=C/C)CC)cc2)c(OCC(=O)O)c1. The highest BCUT2D eigenvalue weighted by atomic mass is 16.5. The third-order valence-corrected chi connectivity index (χ3v) is 4.72. The number of allylic oxidation sites excluding steroid dienone is 5. The Balaban J connectivity index is 2.20. The zero-order valence-electron chi connectivity index (χ0n) is 19.5. The quantitative estimate of drug-likeness (QED) is 0.228. The zero-order valence-corrected chi connectivity index (χ0v) is 19.5. The van der Waals surface area contributed by atoms with E-state index in [9.17, 15) is 9.59 Å². The van der Waals surface area contributed by atoms with Crippen LogP contribution in [0.4, 0.5) is 0 Å². The first-order valence-electron chi connectivity index (χ1n) is 10.9. The second-order valence-corrected chi connectivity index (χ2v) is 7.03. The third kappa shape index (κ3) is 8.00. The van der Waals surface area contributed by atoms with Gasteiger partial charge in [0.25, 0.3) is 0 Å². The van der Waals surface area contributed by atoms with Crippen LogP contribution >= 0.6 is 0 Å². The number of carboxylic acid groups (broad SMARTS) is 1. The maximum atomic E-state index is 12.8. The van der Waals surface area contributed by atoms with Crippen LogP contribution in [0, 0.1) is 0 Å². The Morgan fingerprint density at radius 3 is 2.00 bits per heavy atom. The first kappa shape index (κ1) is 25.5. The lowest BCUT2D eigenvalue weighted by Crippen LogP contribution is -2.12. The van der Waals surface area contributed by atoms with Crippen molar-refractivity contribution in [2.75, 3.05) is 6.61 Å². The summed E-state index contributed by atoms with van der Waals surface area (Å²) < 4.78 is 16.9. The van der Waals surface area contributed by atoms with Crippen LogP contribution < -0.4 is 14.2 Å². The fourth-order valence-electron chi connectivity index (χ4n) is 2.91. The molecule has 0 aliphatic carbocycles. The van der Waals surface area contributed by atoms with E-state index in [0.29, 0.717) is 12.2 Å². The van der Waals surface area contributed by atoms with Crippen LogP contribution in [0.25, 0.3) is 6.08 Å². The summed E-state index contributed by atoms with van der Waals surface area (Å²) in [6.45, 7) is 7.21. The Hall–Kier alpha value is -3.80. The number of carboxylic acids is 1. The van der Waals surface area contributed by atoms with Crippen molar-refractivity contribution in [3.05, 3.63) is 83.3 Å². The molecule has 0 fully saturated rings. The van der Waals surface area contributed by atoms with E-state index in [2.05, 4.69) is 0 Å². The van der Waals surface area contributed by atoms with Crippen LogP contribution in [0.2, 0.25) is 0 Å². The third-order valence-electron chi connectivity index (χ3n) is 4.72. The predicted molar refractivity (Wildman–Crippen MR) is 129 cm³/mol. The molecule has 0 heterocycles. The number of aliphatic carboxylic acids is 1. The molecular weight excluding hydrogens is 420 g/mol. The summed E-state index contributed by atoms with van der Waals surface area (Å²) in [7, 11) is 0. The average molecular weight is 451 g/mol. The number of hydrogen-bond acceptors (Lipinski definition) is 5. The smallest absolute Gasteiger partial charge is 0.341 e. The van der Waals surface area contributed by atoms with Gasteiger partial charge in [-0.25, -0.2) is 4.79 Å².